The number of benzene rings is 1. The second-order valence-corrected chi connectivity index (χ2v) is 7.43. The van der Waals surface area contributed by atoms with Crippen LogP contribution in [0.3, 0.4) is 0 Å². The summed E-state index contributed by atoms with van der Waals surface area (Å²) in [4.78, 5) is 28.9. The average molecular weight is 418 g/mol. The van der Waals surface area contributed by atoms with Crippen LogP contribution in [0.4, 0.5) is 5.13 Å². The quantitative estimate of drug-likeness (QED) is 0.522. The van der Waals surface area contributed by atoms with Gasteiger partial charge >= 0.3 is 0 Å². The number of thiophene rings is 1. The SMILES string of the molecule is COc1ccc(OCCNC(=O)Cc2csc(NC(=O)c3cccs3)n2)cc1. The molecule has 0 saturated heterocycles. The number of carbonyl (C=O) groups is 2. The molecule has 2 aromatic heterocycles. The lowest BCUT2D eigenvalue weighted by Crippen LogP contribution is -2.29. The standard InChI is InChI=1S/C19H19N3O4S2/c1-25-14-4-6-15(7-5-14)26-9-8-20-17(23)11-13-12-28-19(21-13)22-18(24)16-3-2-10-27-16/h2-7,10,12H,8-9,11H2,1H3,(H,20,23)(H,21,22,24). The minimum Gasteiger partial charge on any atom is -0.497 e. The van der Waals surface area contributed by atoms with E-state index in [1.807, 2.05) is 35.7 Å². The average Bonchev–Trinajstić information content (AvgIpc) is 3.38. The summed E-state index contributed by atoms with van der Waals surface area (Å²) in [5.74, 6) is 1.12. The van der Waals surface area contributed by atoms with Crippen LogP contribution in [-0.4, -0.2) is 37.1 Å². The van der Waals surface area contributed by atoms with E-state index in [2.05, 4.69) is 15.6 Å². The molecule has 0 unspecified atom stereocenters. The molecule has 0 bridgehead atoms. The minimum atomic E-state index is -0.198. The van der Waals surface area contributed by atoms with Crippen molar-refractivity contribution < 1.29 is 19.1 Å². The third kappa shape index (κ3) is 5.80. The molecular formula is C19H19N3O4S2. The largest absolute Gasteiger partial charge is 0.497 e. The number of hydrogen-bond acceptors (Lipinski definition) is 7. The molecule has 0 spiro atoms. The second-order valence-electron chi connectivity index (χ2n) is 5.63. The first-order valence-electron chi connectivity index (χ1n) is 8.47. The van der Waals surface area contributed by atoms with Gasteiger partial charge in [0.15, 0.2) is 5.13 Å². The maximum atomic E-state index is 12.0. The zero-order valence-electron chi connectivity index (χ0n) is 15.1. The highest BCUT2D eigenvalue weighted by Crippen LogP contribution is 2.18. The van der Waals surface area contributed by atoms with Gasteiger partial charge in [0.05, 0.1) is 30.6 Å². The van der Waals surface area contributed by atoms with Crippen molar-refractivity contribution in [2.45, 2.75) is 6.42 Å². The summed E-state index contributed by atoms with van der Waals surface area (Å²) in [5.41, 5.74) is 0.611. The molecule has 28 heavy (non-hydrogen) atoms. The predicted octanol–water partition coefficient (Wildman–Crippen LogP) is 3.20. The Kier molecular flexibility index (Phi) is 6.99. The van der Waals surface area contributed by atoms with Gasteiger partial charge in [-0.05, 0) is 35.7 Å². The highest BCUT2D eigenvalue weighted by atomic mass is 32.1. The van der Waals surface area contributed by atoms with Crippen molar-refractivity contribution in [3.63, 3.8) is 0 Å². The van der Waals surface area contributed by atoms with Crippen molar-refractivity contribution in [2.24, 2.45) is 0 Å². The van der Waals surface area contributed by atoms with Crippen LogP contribution in [0.5, 0.6) is 11.5 Å². The van der Waals surface area contributed by atoms with Crippen LogP contribution in [0.1, 0.15) is 15.4 Å². The normalized spacial score (nSPS) is 10.3. The number of nitrogens with zero attached hydrogens (tertiary/aromatic N) is 1. The highest BCUT2D eigenvalue weighted by molar-refractivity contribution is 7.14. The van der Waals surface area contributed by atoms with E-state index in [0.717, 1.165) is 5.75 Å². The van der Waals surface area contributed by atoms with Crippen LogP contribution >= 0.6 is 22.7 Å². The summed E-state index contributed by atoms with van der Waals surface area (Å²) < 4.78 is 10.6. The van der Waals surface area contributed by atoms with Gasteiger partial charge in [-0.1, -0.05) is 6.07 Å². The van der Waals surface area contributed by atoms with Gasteiger partial charge in [0.25, 0.3) is 5.91 Å². The van der Waals surface area contributed by atoms with Gasteiger partial charge < -0.3 is 14.8 Å². The molecular weight excluding hydrogens is 398 g/mol. The summed E-state index contributed by atoms with van der Waals surface area (Å²) in [6.07, 6.45) is 0.147. The number of ether oxygens (including phenoxy) is 2. The fourth-order valence-electron chi connectivity index (χ4n) is 2.27. The molecule has 0 saturated carbocycles. The van der Waals surface area contributed by atoms with Gasteiger partial charge in [-0.25, -0.2) is 4.98 Å². The number of nitrogens with one attached hydrogen (secondary N) is 2. The van der Waals surface area contributed by atoms with Crippen LogP contribution in [0.25, 0.3) is 0 Å². The van der Waals surface area contributed by atoms with Gasteiger partial charge in [0.1, 0.15) is 18.1 Å². The molecule has 1 aromatic carbocycles. The van der Waals surface area contributed by atoms with Crippen LogP contribution in [0, 0.1) is 0 Å². The van der Waals surface area contributed by atoms with Crippen molar-refractivity contribution in [1.29, 1.82) is 0 Å². The molecule has 0 aliphatic rings. The maximum Gasteiger partial charge on any atom is 0.267 e. The Morgan fingerprint density at radius 1 is 1.11 bits per heavy atom. The number of amides is 2. The van der Waals surface area contributed by atoms with Crippen molar-refractivity contribution in [1.82, 2.24) is 10.3 Å². The Hall–Kier alpha value is -2.91. The number of thiazole rings is 1. The maximum absolute atomic E-state index is 12.0. The minimum absolute atomic E-state index is 0.147. The fourth-order valence-corrected chi connectivity index (χ4v) is 3.59. The number of anilines is 1. The highest BCUT2D eigenvalue weighted by Gasteiger charge is 2.11. The van der Waals surface area contributed by atoms with Crippen molar-refractivity contribution in [3.8, 4) is 11.5 Å². The Morgan fingerprint density at radius 3 is 2.61 bits per heavy atom. The van der Waals surface area contributed by atoms with Crippen LogP contribution in [0.15, 0.2) is 47.2 Å². The molecule has 0 aliphatic carbocycles. The number of carbonyl (C=O) groups excluding carboxylic acids is 2. The molecule has 146 valence electrons. The van der Waals surface area contributed by atoms with E-state index in [9.17, 15) is 9.59 Å². The van der Waals surface area contributed by atoms with Gasteiger partial charge in [-0.3, -0.25) is 14.9 Å². The molecule has 0 aliphatic heterocycles. The first-order chi connectivity index (χ1) is 13.6. The summed E-state index contributed by atoms with van der Waals surface area (Å²) >= 11 is 2.65. The van der Waals surface area contributed by atoms with Gasteiger partial charge in [-0.2, -0.15) is 0 Å². The van der Waals surface area contributed by atoms with E-state index in [-0.39, 0.29) is 18.2 Å². The smallest absolute Gasteiger partial charge is 0.267 e. The first-order valence-corrected chi connectivity index (χ1v) is 10.2. The van der Waals surface area contributed by atoms with E-state index < -0.39 is 0 Å². The summed E-state index contributed by atoms with van der Waals surface area (Å²) in [7, 11) is 1.61. The summed E-state index contributed by atoms with van der Waals surface area (Å²) in [5, 5.41) is 9.60. The van der Waals surface area contributed by atoms with Crippen molar-refractivity contribution in [2.75, 3.05) is 25.6 Å². The Bertz CT molecular complexity index is 908. The predicted molar refractivity (Wildman–Crippen MR) is 110 cm³/mol. The number of rotatable bonds is 9. The molecule has 3 aromatic rings. The van der Waals surface area contributed by atoms with E-state index in [1.54, 1.807) is 18.6 Å². The topological polar surface area (TPSA) is 89.5 Å². The Morgan fingerprint density at radius 2 is 1.89 bits per heavy atom. The lowest BCUT2D eigenvalue weighted by atomic mass is 10.3. The van der Waals surface area contributed by atoms with Crippen molar-refractivity contribution >= 4 is 39.6 Å². The molecule has 0 atom stereocenters. The Labute approximate surface area is 170 Å². The molecule has 0 fully saturated rings. The number of aromatic nitrogens is 1. The molecule has 0 radical (unpaired) electrons. The third-order valence-corrected chi connectivity index (χ3v) is 5.29. The lowest BCUT2D eigenvalue weighted by molar-refractivity contribution is -0.120. The molecule has 7 nitrogen and oxygen atoms in total. The van der Waals surface area contributed by atoms with Crippen LogP contribution < -0.4 is 20.1 Å². The zero-order valence-corrected chi connectivity index (χ0v) is 16.8. The van der Waals surface area contributed by atoms with Crippen LogP contribution in [-0.2, 0) is 11.2 Å². The molecule has 2 amide bonds. The number of hydrogen-bond donors (Lipinski definition) is 2. The van der Waals surface area contributed by atoms with Gasteiger partial charge in [0, 0.05) is 5.38 Å². The number of methoxy groups -OCH3 is 1. The van der Waals surface area contributed by atoms with Crippen LogP contribution in [0.2, 0.25) is 0 Å². The molecule has 3 rings (SSSR count). The molecule has 9 heteroatoms. The van der Waals surface area contributed by atoms with Gasteiger partial charge in [0.2, 0.25) is 5.91 Å². The van der Waals surface area contributed by atoms with E-state index in [1.165, 1.54) is 22.7 Å². The second kappa shape index (κ2) is 9.86. The molecule has 2 heterocycles. The lowest BCUT2D eigenvalue weighted by Gasteiger charge is -2.08. The van der Waals surface area contributed by atoms with E-state index in [4.69, 9.17) is 9.47 Å². The zero-order chi connectivity index (χ0) is 19.8. The third-order valence-electron chi connectivity index (χ3n) is 3.61. The Balaban J connectivity index is 1.37. The first kappa shape index (κ1) is 19.8. The summed E-state index contributed by atoms with van der Waals surface area (Å²) in [6, 6.07) is 10.8. The monoisotopic (exact) mass is 417 g/mol. The summed E-state index contributed by atoms with van der Waals surface area (Å²) in [6.45, 7) is 0.744. The van der Waals surface area contributed by atoms with E-state index >= 15 is 0 Å². The van der Waals surface area contributed by atoms with Gasteiger partial charge in [-0.15, -0.1) is 22.7 Å². The van der Waals surface area contributed by atoms with Crippen molar-refractivity contribution in [3.05, 3.63) is 57.7 Å². The van der Waals surface area contributed by atoms with E-state index in [0.29, 0.717) is 34.6 Å². The fraction of sp³-hybridized carbons (Fsp3) is 0.211. The molecule has 2 N–H and O–H groups in total.